The van der Waals surface area contributed by atoms with Crippen molar-refractivity contribution in [1.29, 1.82) is 0 Å². The summed E-state index contributed by atoms with van der Waals surface area (Å²) in [5.41, 5.74) is 2.19. The Hall–Kier alpha value is -3.29. The first kappa shape index (κ1) is 21.6. The molecule has 3 aromatic rings. The molecule has 0 bridgehead atoms. The van der Waals surface area contributed by atoms with Crippen LogP contribution >= 0.6 is 0 Å². The normalized spacial score (nSPS) is 17.1. The molecule has 1 aliphatic carbocycles. The van der Waals surface area contributed by atoms with Crippen molar-refractivity contribution < 1.29 is 9.18 Å². The van der Waals surface area contributed by atoms with Crippen LogP contribution in [-0.2, 0) is 25.8 Å². The van der Waals surface area contributed by atoms with Crippen LogP contribution in [0.5, 0.6) is 0 Å². The lowest BCUT2D eigenvalue weighted by Gasteiger charge is -2.31. The molecule has 1 aliphatic heterocycles. The second-order valence-corrected chi connectivity index (χ2v) is 9.91. The molecule has 7 nitrogen and oxygen atoms in total. The second-order valence-electron chi connectivity index (χ2n) is 9.91. The Labute approximate surface area is 191 Å². The smallest absolute Gasteiger partial charge is 0.261 e. The second kappa shape index (κ2) is 8.24. The van der Waals surface area contributed by atoms with Crippen LogP contribution < -0.4 is 10.9 Å². The number of nitrogens with one attached hydrogen (secondary N) is 2. The molecule has 0 saturated heterocycles. The molecule has 2 N–H and O–H groups in total. The number of benzene rings is 1. The number of aryl methyl sites for hydroxylation is 2. The number of fused-ring (bicyclic) bond motifs is 2. The van der Waals surface area contributed by atoms with Gasteiger partial charge in [-0.05, 0) is 67.3 Å². The van der Waals surface area contributed by atoms with Crippen molar-refractivity contribution >= 4 is 11.6 Å². The molecule has 0 atom stereocenters. The van der Waals surface area contributed by atoms with Gasteiger partial charge >= 0.3 is 0 Å². The van der Waals surface area contributed by atoms with Crippen molar-refractivity contribution in [3.8, 4) is 11.4 Å². The average Bonchev–Trinajstić information content (AvgIpc) is 3.02. The number of halogens is 1. The lowest BCUT2D eigenvalue weighted by Crippen LogP contribution is -2.30. The summed E-state index contributed by atoms with van der Waals surface area (Å²) in [4.78, 5) is 28.4. The van der Waals surface area contributed by atoms with Gasteiger partial charge in [0.1, 0.15) is 17.2 Å². The molecule has 0 radical (unpaired) electrons. The van der Waals surface area contributed by atoms with E-state index in [9.17, 15) is 14.0 Å². The predicted octanol–water partition coefficient (Wildman–Crippen LogP) is 4.27. The van der Waals surface area contributed by atoms with Gasteiger partial charge in [0, 0.05) is 24.2 Å². The van der Waals surface area contributed by atoms with Crippen LogP contribution in [0.2, 0.25) is 0 Å². The largest absolute Gasteiger partial charge is 0.325 e. The number of aromatic amines is 1. The molecule has 1 aromatic carbocycles. The van der Waals surface area contributed by atoms with E-state index in [4.69, 9.17) is 0 Å². The first-order valence-electron chi connectivity index (χ1n) is 11.6. The highest BCUT2D eigenvalue weighted by atomic mass is 19.1. The zero-order valence-corrected chi connectivity index (χ0v) is 19.0. The number of anilines is 1. The topological polar surface area (TPSA) is 92.7 Å². The fourth-order valence-electron chi connectivity index (χ4n) is 4.88. The Balaban J connectivity index is 1.44. The van der Waals surface area contributed by atoms with E-state index in [0.717, 1.165) is 68.6 Å². The van der Waals surface area contributed by atoms with Gasteiger partial charge in [0.05, 0.1) is 5.69 Å². The van der Waals surface area contributed by atoms with E-state index in [1.807, 2.05) is 0 Å². The van der Waals surface area contributed by atoms with Gasteiger partial charge in [0.2, 0.25) is 0 Å². The Kier molecular flexibility index (Phi) is 5.38. The van der Waals surface area contributed by atoms with Crippen molar-refractivity contribution in [3.05, 3.63) is 63.1 Å². The molecule has 2 aliphatic rings. The molecule has 1 amide bonds. The van der Waals surface area contributed by atoms with Gasteiger partial charge in [-0.25, -0.2) is 4.39 Å². The molecule has 0 fully saturated rings. The summed E-state index contributed by atoms with van der Waals surface area (Å²) >= 11 is 0. The average molecular weight is 450 g/mol. The van der Waals surface area contributed by atoms with Gasteiger partial charge in [-0.3, -0.25) is 9.59 Å². The molecular weight excluding hydrogens is 421 g/mol. The van der Waals surface area contributed by atoms with Crippen molar-refractivity contribution in [3.63, 3.8) is 0 Å². The lowest BCUT2D eigenvalue weighted by atomic mass is 9.76. The van der Waals surface area contributed by atoms with E-state index in [2.05, 4.69) is 38.9 Å². The number of H-pyrrole nitrogens is 1. The van der Waals surface area contributed by atoms with Gasteiger partial charge in [-0.15, -0.1) is 10.2 Å². The van der Waals surface area contributed by atoms with Crippen LogP contribution in [0.3, 0.4) is 0 Å². The van der Waals surface area contributed by atoms with Crippen LogP contribution in [0.4, 0.5) is 10.1 Å². The van der Waals surface area contributed by atoms with E-state index >= 15 is 0 Å². The molecule has 0 unspecified atom stereocenters. The van der Waals surface area contributed by atoms with Crippen LogP contribution in [0.1, 0.15) is 67.0 Å². The van der Waals surface area contributed by atoms with Crippen molar-refractivity contribution in [2.75, 3.05) is 5.32 Å². The fraction of sp³-hybridized carbons (Fsp3) is 0.440. The molecule has 172 valence electrons. The zero-order chi connectivity index (χ0) is 23.2. The third-order valence-corrected chi connectivity index (χ3v) is 6.76. The van der Waals surface area contributed by atoms with Crippen molar-refractivity contribution in [2.45, 2.75) is 65.3 Å². The number of aromatic nitrogens is 4. The Morgan fingerprint density at radius 2 is 2.00 bits per heavy atom. The third kappa shape index (κ3) is 4.21. The minimum atomic E-state index is -0.626. The monoisotopic (exact) mass is 449 g/mol. The van der Waals surface area contributed by atoms with Gasteiger partial charge in [0.25, 0.3) is 11.5 Å². The number of carbonyl (C=O) groups excluding carboxylic acids is 1. The van der Waals surface area contributed by atoms with Gasteiger partial charge in [0.15, 0.2) is 5.82 Å². The Bertz CT molecular complexity index is 1290. The van der Waals surface area contributed by atoms with Gasteiger partial charge in [-0.2, -0.15) is 0 Å². The Morgan fingerprint density at radius 3 is 2.85 bits per heavy atom. The maximum absolute atomic E-state index is 14.6. The maximum atomic E-state index is 14.6. The molecule has 0 saturated carbocycles. The zero-order valence-electron chi connectivity index (χ0n) is 19.0. The number of carbonyl (C=O) groups is 1. The van der Waals surface area contributed by atoms with Crippen LogP contribution in [-0.4, -0.2) is 25.7 Å². The molecule has 3 heterocycles. The van der Waals surface area contributed by atoms with Crippen molar-refractivity contribution in [2.24, 2.45) is 5.41 Å². The molecule has 5 rings (SSSR count). The molecule has 0 spiro atoms. The highest BCUT2D eigenvalue weighted by Crippen LogP contribution is 2.33. The highest BCUT2D eigenvalue weighted by Gasteiger charge is 2.27. The SMILES string of the molecule is CC1(C)CCc2[nH]c(=O)c(C(=O)Nc3cc(-c4nnc5n4CCCCC5)ccc3F)cc2C1. The minimum absolute atomic E-state index is 0.00685. The third-order valence-electron chi connectivity index (χ3n) is 6.76. The van der Waals surface area contributed by atoms with Crippen LogP contribution in [0, 0.1) is 11.2 Å². The fourth-order valence-corrected chi connectivity index (χ4v) is 4.88. The Morgan fingerprint density at radius 1 is 1.15 bits per heavy atom. The number of nitrogens with zero attached hydrogens (tertiary/aromatic N) is 3. The van der Waals surface area contributed by atoms with Crippen LogP contribution in [0.15, 0.2) is 29.1 Å². The summed E-state index contributed by atoms with van der Waals surface area (Å²) in [6, 6.07) is 6.17. The number of amides is 1. The summed E-state index contributed by atoms with van der Waals surface area (Å²) in [5, 5.41) is 11.2. The number of rotatable bonds is 3. The van der Waals surface area contributed by atoms with E-state index in [1.54, 1.807) is 18.2 Å². The highest BCUT2D eigenvalue weighted by molar-refractivity contribution is 6.04. The quantitative estimate of drug-likeness (QED) is 0.625. The predicted molar refractivity (Wildman–Crippen MR) is 124 cm³/mol. The lowest BCUT2D eigenvalue weighted by molar-refractivity contribution is 0.102. The molecular formula is C25H28FN5O2. The summed E-state index contributed by atoms with van der Waals surface area (Å²) in [5.74, 6) is 0.397. The molecule has 8 heteroatoms. The molecule has 33 heavy (non-hydrogen) atoms. The first-order valence-corrected chi connectivity index (χ1v) is 11.6. The van der Waals surface area contributed by atoms with Gasteiger partial charge in [-0.1, -0.05) is 20.3 Å². The van der Waals surface area contributed by atoms with Crippen molar-refractivity contribution in [1.82, 2.24) is 19.7 Å². The van der Waals surface area contributed by atoms with E-state index < -0.39 is 17.3 Å². The van der Waals surface area contributed by atoms with Crippen LogP contribution in [0.25, 0.3) is 11.4 Å². The maximum Gasteiger partial charge on any atom is 0.261 e. The summed E-state index contributed by atoms with van der Waals surface area (Å²) in [6.07, 6.45) is 6.66. The number of pyridine rings is 1. The molecule has 2 aromatic heterocycles. The minimum Gasteiger partial charge on any atom is -0.325 e. The summed E-state index contributed by atoms with van der Waals surface area (Å²) in [7, 11) is 0. The van der Waals surface area contributed by atoms with Gasteiger partial charge < -0.3 is 14.9 Å². The number of hydrogen-bond acceptors (Lipinski definition) is 4. The summed E-state index contributed by atoms with van der Waals surface area (Å²) in [6.45, 7) is 5.16. The van der Waals surface area contributed by atoms with E-state index in [0.29, 0.717) is 11.4 Å². The summed E-state index contributed by atoms with van der Waals surface area (Å²) < 4.78 is 16.7. The number of hydrogen-bond donors (Lipinski definition) is 2. The first-order chi connectivity index (χ1) is 15.8. The van der Waals surface area contributed by atoms with E-state index in [-0.39, 0.29) is 16.7 Å². The van der Waals surface area contributed by atoms with E-state index in [1.165, 1.54) is 6.07 Å². The standard InChI is InChI=1S/C25H28FN5O2/c1-25(2)10-9-19-16(14-25)12-17(23(32)27-19)24(33)28-20-13-15(7-8-18(20)26)22-30-29-21-6-4-3-5-11-31(21)22/h7-8,12-13H,3-6,9-11,14H2,1-2H3,(H,27,32)(H,28,33).